The largest absolute Gasteiger partial charge is 0.395 e. The molecule has 4 heteroatoms. The van der Waals surface area contributed by atoms with Crippen LogP contribution in [0.1, 0.15) is 25.7 Å². The van der Waals surface area contributed by atoms with Crippen molar-refractivity contribution in [2.45, 2.75) is 37.8 Å². The number of rotatable bonds is 2. The minimum absolute atomic E-state index is 0.330. The number of aliphatic hydroxyl groups excluding tert-OH is 1. The lowest BCUT2D eigenvalue weighted by Gasteiger charge is -2.15. The number of hydrogen-bond acceptors (Lipinski definition) is 3. The number of halogens is 1. The molecule has 0 radical (unpaired) electrons. The summed E-state index contributed by atoms with van der Waals surface area (Å²) in [5.74, 6) is 0. The van der Waals surface area contributed by atoms with Crippen molar-refractivity contribution in [2.75, 3.05) is 39.1 Å². The maximum Gasteiger partial charge on any atom is 0.0586 e. The number of likely N-dealkylation sites (tertiary alicyclic amines) is 2. The first-order valence-corrected chi connectivity index (χ1v) is 7.38. The fourth-order valence-corrected chi connectivity index (χ4v) is 3.20. The molecule has 0 aliphatic carbocycles. The maximum absolute atomic E-state index is 8.69. The monoisotopic (exact) mass is 292 g/mol. The molecule has 2 heterocycles. The lowest BCUT2D eigenvalue weighted by molar-refractivity contribution is 0.182. The molecule has 0 aromatic heterocycles. The van der Waals surface area contributed by atoms with Gasteiger partial charge in [-0.1, -0.05) is 15.9 Å². The maximum atomic E-state index is 8.69. The Hall–Kier alpha value is 0.360. The topological polar surface area (TPSA) is 26.7 Å². The van der Waals surface area contributed by atoms with Crippen LogP contribution in [0.5, 0.6) is 0 Å². The van der Waals surface area contributed by atoms with Crippen LogP contribution < -0.4 is 0 Å². The Morgan fingerprint density at radius 2 is 1.56 bits per heavy atom. The second kappa shape index (κ2) is 7.64. The van der Waals surface area contributed by atoms with Crippen LogP contribution in [0.3, 0.4) is 0 Å². The minimum atomic E-state index is 0.330. The zero-order valence-corrected chi connectivity index (χ0v) is 12.1. The molecule has 0 aromatic carbocycles. The van der Waals surface area contributed by atoms with Gasteiger partial charge < -0.3 is 14.9 Å². The highest BCUT2D eigenvalue weighted by molar-refractivity contribution is 9.09. The van der Waals surface area contributed by atoms with Crippen molar-refractivity contribution in [3.05, 3.63) is 0 Å². The predicted molar refractivity (Wildman–Crippen MR) is 72.2 cm³/mol. The highest BCUT2D eigenvalue weighted by Crippen LogP contribution is 2.15. The number of aliphatic hydroxyl groups is 1. The standard InChI is InChI=1S/C6H12BrN.C6H13NO/c1-8-4-2-3-6(8)5-7;1-7-4-2-3-6(7)5-8/h6H,2-5H2,1H3;6,8H,2-5H2,1H3/t2*6-/m00/s1. The molecule has 2 rings (SSSR count). The quantitative estimate of drug-likeness (QED) is 0.783. The molecule has 2 fully saturated rings. The van der Waals surface area contributed by atoms with E-state index in [4.69, 9.17) is 5.11 Å². The summed E-state index contributed by atoms with van der Waals surface area (Å²) in [6, 6.07) is 1.27. The Kier molecular flexibility index (Phi) is 6.89. The second-order valence-corrected chi connectivity index (χ2v) is 5.54. The summed E-state index contributed by atoms with van der Waals surface area (Å²) in [4.78, 5) is 4.62. The molecule has 0 saturated carbocycles. The lowest BCUT2D eigenvalue weighted by atomic mass is 10.2. The molecule has 0 bridgehead atoms. The van der Waals surface area contributed by atoms with Gasteiger partial charge in [-0.15, -0.1) is 0 Å². The number of likely N-dealkylation sites (N-methyl/N-ethyl adjacent to an activating group) is 1. The third-order valence-corrected chi connectivity index (χ3v) is 4.48. The van der Waals surface area contributed by atoms with Crippen LogP contribution in [-0.2, 0) is 0 Å². The smallest absolute Gasteiger partial charge is 0.0586 e. The SMILES string of the molecule is CN1CCC[C@H]1CBr.CN1CCC[C@H]1CO. The van der Waals surface area contributed by atoms with Crippen LogP contribution >= 0.6 is 15.9 Å². The van der Waals surface area contributed by atoms with Crippen LogP contribution in [-0.4, -0.2) is 66.1 Å². The molecule has 3 nitrogen and oxygen atoms in total. The van der Waals surface area contributed by atoms with Gasteiger partial charge in [0.2, 0.25) is 0 Å². The normalized spacial score (nSPS) is 31.5. The van der Waals surface area contributed by atoms with Crippen molar-refractivity contribution in [3.8, 4) is 0 Å². The zero-order chi connectivity index (χ0) is 12.0. The first-order chi connectivity index (χ1) is 7.69. The van der Waals surface area contributed by atoms with E-state index < -0.39 is 0 Å². The van der Waals surface area contributed by atoms with Crippen LogP contribution in [0.25, 0.3) is 0 Å². The van der Waals surface area contributed by atoms with E-state index in [-0.39, 0.29) is 0 Å². The Morgan fingerprint density at radius 3 is 1.75 bits per heavy atom. The third-order valence-electron chi connectivity index (χ3n) is 3.73. The predicted octanol–water partition coefficient (Wildman–Crippen LogP) is 1.55. The average Bonchev–Trinajstić information content (AvgIpc) is 2.87. The van der Waals surface area contributed by atoms with Gasteiger partial charge in [0.15, 0.2) is 0 Å². The molecule has 2 aliphatic heterocycles. The summed E-state index contributed by atoms with van der Waals surface area (Å²) < 4.78 is 0. The van der Waals surface area contributed by atoms with E-state index >= 15 is 0 Å². The van der Waals surface area contributed by atoms with Gasteiger partial charge in [0.05, 0.1) is 6.61 Å². The summed E-state index contributed by atoms with van der Waals surface area (Å²) in [6.07, 6.45) is 5.18. The van der Waals surface area contributed by atoms with Crippen molar-refractivity contribution in [2.24, 2.45) is 0 Å². The van der Waals surface area contributed by atoms with Crippen molar-refractivity contribution < 1.29 is 5.11 Å². The summed E-state index contributed by atoms with van der Waals surface area (Å²) in [5.41, 5.74) is 0. The zero-order valence-electron chi connectivity index (χ0n) is 10.5. The number of alkyl halides is 1. The van der Waals surface area contributed by atoms with Gasteiger partial charge in [-0.25, -0.2) is 0 Å². The Bertz CT molecular complexity index is 172. The molecule has 16 heavy (non-hydrogen) atoms. The molecule has 2 atom stereocenters. The van der Waals surface area contributed by atoms with Gasteiger partial charge in [0.1, 0.15) is 0 Å². The molecule has 0 aromatic rings. The molecule has 2 saturated heterocycles. The average molecular weight is 293 g/mol. The first-order valence-electron chi connectivity index (χ1n) is 6.26. The molecular formula is C12H25BrN2O. The van der Waals surface area contributed by atoms with Crippen LogP contribution in [0.4, 0.5) is 0 Å². The van der Waals surface area contributed by atoms with E-state index in [0.717, 1.165) is 17.9 Å². The minimum Gasteiger partial charge on any atom is -0.395 e. The Morgan fingerprint density at radius 1 is 1.06 bits per heavy atom. The van der Waals surface area contributed by atoms with Gasteiger partial charge in [0.25, 0.3) is 0 Å². The van der Waals surface area contributed by atoms with Crippen LogP contribution in [0.15, 0.2) is 0 Å². The fourth-order valence-electron chi connectivity index (χ4n) is 2.38. The molecular weight excluding hydrogens is 268 g/mol. The van der Waals surface area contributed by atoms with Crippen LogP contribution in [0.2, 0.25) is 0 Å². The van der Waals surface area contributed by atoms with Gasteiger partial charge in [-0.05, 0) is 52.9 Å². The van der Waals surface area contributed by atoms with Gasteiger partial charge in [-0.3, -0.25) is 0 Å². The van der Waals surface area contributed by atoms with E-state index in [9.17, 15) is 0 Å². The number of nitrogens with zero attached hydrogens (tertiary/aromatic N) is 2. The molecule has 0 amide bonds. The van der Waals surface area contributed by atoms with Gasteiger partial charge >= 0.3 is 0 Å². The molecule has 96 valence electrons. The van der Waals surface area contributed by atoms with E-state index in [1.165, 1.54) is 32.2 Å². The Balaban J connectivity index is 0.000000160. The summed E-state index contributed by atoms with van der Waals surface area (Å²) in [5, 5.41) is 9.84. The van der Waals surface area contributed by atoms with E-state index in [2.05, 4.69) is 39.8 Å². The van der Waals surface area contributed by atoms with E-state index in [1.54, 1.807) is 0 Å². The van der Waals surface area contributed by atoms with Crippen molar-refractivity contribution >= 4 is 15.9 Å². The molecule has 0 spiro atoms. The number of hydrogen-bond donors (Lipinski definition) is 1. The molecule has 0 unspecified atom stereocenters. The van der Waals surface area contributed by atoms with Crippen molar-refractivity contribution in [1.29, 1.82) is 0 Å². The second-order valence-electron chi connectivity index (χ2n) is 4.89. The summed E-state index contributed by atoms with van der Waals surface area (Å²) in [7, 11) is 4.26. The molecule has 1 N–H and O–H groups in total. The van der Waals surface area contributed by atoms with E-state index in [0.29, 0.717) is 12.6 Å². The summed E-state index contributed by atoms with van der Waals surface area (Å²) in [6.45, 7) is 2.78. The Labute approximate surface area is 108 Å². The van der Waals surface area contributed by atoms with E-state index in [1.807, 2.05) is 0 Å². The van der Waals surface area contributed by atoms with Gasteiger partial charge in [0, 0.05) is 17.4 Å². The van der Waals surface area contributed by atoms with Crippen molar-refractivity contribution in [1.82, 2.24) is 9.80 Å². The highest BCUT2D eigenvalue weighted by atomic mass is 79.9. The van der Waals surface area contributed by atoms with Crippen molar-refractivity contribution in [3.63, 3.8) is 0 Å². The summed E-state index contributed by atoms with van der Waals surface area (Å²) >= 11 is 3.47. The third kappa shape index (κ3) is 4.32. The lowest BCUT2D eigenvalue weighted by Crippen LogP contribution is -2.27. The molecule has 2 aliphatic rings. The highest BCUT2D eigenvalue weighted by Gasteiger charge is 2.19. The van der Waals surface area contributed by atoms with Crippen LogP contribution in [0, 0.1) is 0 Å². The first kappa shape index (κ1) is 14.4. The van der Waals surface area contributed by atoms with Gasteiger partial charge in [-0.2, -0.15) is 0 Å². The fraction of sp³-hybridized carbons (Fsp3) is 1.00.